The Labute approximate surface area is 182 Å². The minimum atomic E-state index is -1.88. The third-order valence-corrected chi connectivity index (χ3v) is 5.33. The van der Waals surface area contributed by atoms with E-state index in [1.165, 1.54) is 70.6 Å². The Kier molecular flexibility index (Phi) is 19.6. The molecule has 0 spiro atoms. The summed E-state index contributed by atoms with van der Waals surface area (Å²) in [5.74, 6) is -0.834. The molecule has 0 rings (SSSR count). The van der Waals surface area contributed by atoms with Gasteiger partial charge in [0.15, 0.2) is 6.10 Å². The second-order valence-corrected chi connectivity index (χ2v) is 8.11. The highest BCUT2D eigenvalue weighted by molar-refractivity contribution is 5.81. The van der Waals surface area contributed by atoms with Crippen LogP contribution in [0.4, 0.5) is 0 Å². The third kappa shape index (κ3) is 15.1. The van der Waals surface area contributed by atoms with Gasteiger partial charge in [-0.3, -0.25) is 4.79 Å². The van der Waals surface area contributed by atoms with Crippen LogP contribution in [0.15, 0.2) is 0 Å². The first kappa shape index (κ1) is 29.2. The van der Waals surface area contributed by atoms with Crippen LogP contribution in [0.25, 0.3) is 0 Å². The normalized spacial score (nSPS) is 15.5. The molecule has 0 aliphatic carbocycles. The van der Waals surface area contributed by atoms with Gasteiger partial charge in [-0.2, -0.15) is 0 Å². The van der Waals surface area contributed by atoms with Crippen molar-refractivity contribution >= 4 is 5.91 Å². The van der Waals surface area contributed by atoms with Crippen LogP contribution in [0.5, 0.6) is 0 Å². The number of aliphatic hydroxyl groups is 5. The molecule has 0 aromatic carbocycles. The second-order valence-electron chi connectivity index (χ2n) is 8.11. The van der Waals surface area contributed by atoms with E-state index in [9.17, 15) is 25.2 Å². The van der Waals surface area contributed by atoms with Crippen molar-refractivity contribution < 1.29 is 30.3 Å². The maximum absolute atomic E-state index is 11.7. The topological polar surface area (TPSA) is 142 Å². The Morgan fingerprint density at radius 1 is 0.700 bits per heavy atom. The molecule has 0 unspecified atom stereocenters. The van der Waals surface area contributed by atoms with E-state index in [4.69, 9.17) is 5.11 Å². The molecule has 30 heavy (non-hydrogen) atoms. The van der Waals surface area contributed by atoms with Crippen molar-refractivity contribution in [3.05, 3.63) is 0 Å². The summed E-state index contributed by atoms with van der Waals surface area (Å²) in [5.41, 5.74) is 0. The number of carbonyl (C=O) groups excluding carboxylic acids is 1. The van der Waals surface area contributed by atoms with E-state index in [0.29, 0.717) is 6.54 Å². The molecule has 0 aliphatic rings. The molecule has 0 radical (unpaired) electrons. The van der Waals surface area contributed by atoms with Crippen LogP contribution in [0.3, 0.4) is 0 Å². The number of carbonyl (C=O) groups is 1. The van der Waals surface area contributed by atoms with Gasteiger partial charge in [-0.1, -0.05) is 77.6 Å². The summed E-state index contributed by atoms with van der Waals surface area (Å²) < 4.78 is 0. The predicted molar refractivity (Wildman–Crippen MR) is 118 cm³/mol. The SMILES string of the molecule is CCCCCCCCCCCCCCNCCNC(=O)[C@H](O)[C@@H](O)[C@H](O)[C@H](O)CO. The summed E-state index contributed by atoms with van der Waals surface area (Å²) in [6.45, 7) is 3.14. The van der Waals surface area contributed by atoms with Crippen LogP contribution in [-0.4, -0.2) is 82.1 Å². The molecule has 0 aliphatic heterocycles. The molecule has 7 N–H and O–H groups in total. The second kappa shape index (κ2) is 20.2. The van der Waals surface area contributed by atoms with Crippen LogP contribution in [0.2, 0.25) is 0 Å². The lowest BCUT2D eigenvalue weighted by Crippen LogP contribution is -2.52. The van der Waals surface area contributed by atoms with Gasteiger partial charge in [0.05, 0.1) is 6.61 Å². The van der Waals surface area contributed by atoms with Gasteiger partial charge in [-0.15, -0.1) is 0 Å². The smallest absolute Gasteiger partial charge is 0.251 e. The van der Waals surface area contributed by atoms with Gasteiger partial charge >= 0.3 is 0 Å². The van der Waals surface area contributed by atoms with Gasteiger partial charge < -0.3 is 36.2 Å². The van der Waals surface area contributed by atoms with Gasteiger partial charge in [-0.05, 0) is 13.0 Å². The highest BCUT2D eigenvalue weighted by Crippen LogP contribution is 2.11. The van der Waals surface area contributed by atoms with Crippen LogP contribution in [0, 0.1) is 0 Å². The minimum Gasteiger partial charge on any atom is -0.394 e. The molecule has 1 amide bonds. The van der Waals surface area contributed by atoms with E-state index >= 15 is 0 Å². The molecular weight excluding hydrogens is 388 g/mol. The summed E-state index contributed by atoms with van der Waals surface area (Å²) in [6.07, 6.45) is 8.48. The van der Waals surface area contributed by atoms with Crippen LogP contribution in [-0.2, 0) is 4.79 Å². The van der Waals surface area contributed by atoms with Gasteiger partial charge in [0.1, 0.15) is 18.3 Å². The minimum absolute atomic E-state index is 0.277. The predicted octanol–water partition coefficient (Wildman–Crippen LogP) is 0.829. The Balaban J connectivity index is 3.48. The Morgan fingerprint density at radius 3 is 1.70 bits per heavy atom. The average molecular weight is 435 g/mol. The van der Waals surface area contributed by atoms with Crippen molar-refractivity contribution in [2.45, 2.75) is 108 Å². The zero-order valence-corrected chi connectivity index (χ0v) is 18.8. The summed E-state index contributed by atoms with van der Waals surface area (Å²) in [4.78, 5) is 11.7. The van der Waals surface area contributed by atoms with Crippen molar-refractivity contribution in [2.75, 3.05) is 26.2 Å². The molecule has 0 bridgehead atoms. The van der Waals surface area contributed by atoms with Gasteiger partial charge in [0.2, 0.25) is 0 Å². The first-order chi connectivity index (χ1) is 14.5. The number of aliphatic hydroxyl groups excluding tert-OH is 5. The number of rotatable bonds is 21. The molecule has 0 saturated heterocycles. The van der Waals surface area contributed by atoms with E-state index in [2.05, 4.69) is 17.6 Å². The molecule has 0 aromatic heterocycles. The summed E-state index contributed by atoms with van der Waals surface area (Å²) >= 11 is 0. The fourth-order valence-corrected chi connectivity index (χ4v) is 3.27. The number of unbranched alkanes of at least 4 members (excludes halogenated alkanes) is 11. The van der Waals surface area contributed by atoms with Gasteiger partial charge in [-0.25, -0.2) is 0 Å². The van der Waals surface area contributed by atoms with Gasteiger partial charge in [0.25, 0.3) is 5.91 Å². The van der Waals surface area contributed by atoms with Crippen LogP contribution >= 0.6 is 0 Å². The lowest BCUT2D eigenvalue weighted by molar-refractivity contribution is -0.148. The summed E-state index contributed by atoms with van der Waals surface area (Å²) in [5, 5.41) is 52.5. The standard InChI is InChI=1S/C22H46N2O6/c1-2-3-4-5-6-7-8-9-10-11-12-13-14-23-15-16-24-22(30)21(29)20(28)19(27)18(26)17-25/h18-21,23,25-29H,2-17H2,1H3,(H,24,30)/t18-,19-,20+,21-/m1/s1. The van der Waals surface area contributed by atoms with Gasteiger partial charge in [0, 0.05) is 13.1 Å². The highest BCUT2D eigenvalue weighted by Gasteiger charge is 2.33. The summed E-state index contributed by atoms with van der Waals surface area (Å²) in [7, 11) is 0. The Bertz CT molecular complexity index is 400. The highest BCUT2D eigenvalue weighted by atomic mass is 16.4. The summed E-state index contributed by atoms with van der Waals surface area (Å²) in [6, 6.07) is 0. The maximum atomic E-state index is 11.7. The molecule has 8 nitrogen and oxygen atoms in total. The number of hydrogen-bond acceptors (Lipinski definition) is 7. The van der Waals surface area contributed by atoms with Crippen molar-refractivity contribution in [2.24, 2.45) is 0 Å². The van der Waals surface area contributed by atoms with E-state index < -0.39 is 36.9 Å². The molecule has 0 fully saturated rings. The van der Waals surface area contributed by atoms with E-state index in [1.54, 1.807) is 0 Å². The molecule has 0 saturated carbocycles. The molecule has 180 valence electrons. The average Bonchev–Trinajstić information content (AvgIpc) is 2.76. The Morgan fingerprint density at radius 2 is 1.20 bits per heavy atom. The largest absolute Gasteiger partial charge is 0.394 e. The van der Waals surface area contributed by atoms with Crippen molar-refractivity contribution in [1.82, 2.24) is 10.6 Å². The zero-order valence-electron chi connectivity index (χ0n) is 18.8. The van der Waals surface area contributed by atoms with E-state index in [-0.39, 0.29) is 6.54 Å². The first-order valence-electron chi connectivity index (χ1n) is 11.8. The van der Waals surface area contributed by atoms with E-state index in [1.807, 2.05) is 0 Å². The van der Waals surface area contributed by atoms with Crippen LogP contribution in [0.1, 0.15) is 84.0 Å². The quantitative estimate of drug-likeness (QED) is 0.133. The van der Waals surface area contributed by atoms with Crippen molar-refractivity contribution in [3.63, 3.8) is 0 Å². The molecular formula is C22H46N2O6. The fraction of sp³-hybridized carbons (Fsp3) is 0.955. The van der Waals surface area contributed by atoms with Crippen LogP contribution < -0.4 is 10.6 Å². The third-order valence-electron chi connectivity index (χ3n) is 5.33. The zero-order chi connectivity index (χ0) is 22.6. The van der Waals surface area contributed by atoms with Crippen molar-refractivity contribution in [1.29, 1.82) is 0 Å². The van der Waals surface area contributed by atoms with E-state index in [0.717, 1.165) is 13.0 Å². The number of amides is 1. The Hall–Kier alpha value is -0.770. The number of hydrogen-bond donors (Lipinski definition) is 7. The molecule has 0 aromatic rings. The molecule has 0 heterocycles. The van der Waals surface area contributed by atoms with Crippen molar-refractivity contribution in [3.8, 4) is 0 Å². The number of nitrogens with one attached hydrogen (secondary N) is 2. The maximum Gasteiger partial charge on any atom is 0.251 e. The first-order valence-corrected chi connectivity index (χ1v) is 11.8. The lowest BCUT2D eigenvalue weighted by atomic mass is 10.0. The molecule has 8 heteroatoms. The monoisotopic (exact) mass is 434 g/mol. The molecule has 4 atom stereocenters. The lowest BCUT2D eigenvalue weighted by Gasteiger charge is -2.24. The fourth-order valence-electron chi connectivity index (χ4n) is 3.27.